The Hall–Kier alpha value is -3.42. The summed E-state index contributed by atoms with van der Waals surface area (Å²) in [6.45, 7) is 0. The Morgan fingerprint density at radius 3 is 2.50 bits per heavy atom. The fraction of sp³-hybridized carbons (Fsp3) is 0.167. The van der Waals surface area contributed by atoms with E-state index in [0.717, 1.165) is 0 Å². The van der Waals surface area contributed by atoms with E-state index in [-0.39, 0.29) is 30.1 Å². The molecule has 7 nitrogen and oxygen atoms in total. The minimum absolute atomic E-state index is 0.0260. The topological polar surface area (TPSA) is 86.5 Å². The molecule has 0 saturated carbocycles. The van der Waals surface area contributed by atoms with Crippen LogP contribution in [0.1, 0.15) is 5.56 Å². The molecule has 0 aliphatic heterocycles. The Bertz CT molecular complexity index is 909. The third-order valence-electron chi connectivity index (χ3n) is 3.58. The predicted octanol–water partition coefficient (Wildman–Crippen LogP) is 3.07. The fourth-order valence-corrected chi connectivity index (χ4v) is 2.31. The summed E-state index contributed by atoms with van der Waals surface area (Å²) in [6.07, 6.45) is 0.0638. The van der Waals surface area contributed by atoms with Gasteiger partial charge >= 0.3 is 6.01 Å². The number of methoxy groups -OCH3 is 2. The van der Waals surface area contributed by atoms with Gasteiger partial charge < -0.3 is 13.9 Å². The van der Waals surface area contributed by atoms with Crippen molar-refractivity contribution >= 4 is 11.9 Å². The highest BCUT2D eigenvalue weighted by molar-refractivity contribution is 5.90. The summed E-state index contributed by atoms with van der Waals surface area (Å²) < 4.78 is 28.8. The Labute approximate surface area is 148 Å². The number of nitrogens with one attached hydrogen (secondary N) is 1. The van der Waals surface area contributed by atoms with Gasteiger partial charge in [-0.3, -0.25) is 10.1 Å². The number of hydrogen-bond acceptors (Lipinski definition) is 6. The number of anilines is 1. The van der Waals surface area contributed by atoms with E-state index in [1.54, 1.807) is 25.3 Å². The Morgan fingerprint density at radius 2 is 1.81 bits per heavy atom. The van der Waals surface area contributed by atoms with Crippen molar-refractivity contribution in [2.45, 2.75) is 6.42 Å². The molecule has 3 aromatic rings. The summed E-state index contributed by atoms with van der Waals surface area (Å²) in [5, 5.41) is 10.2. The van der Waals surface area contributed by atoms with Gasteiger partial charge in [-0.25, -0.2) is 4.39 Å². The second-order valence-corrected chi connectivity index (χ2v) is 5.33. The first-order valence-corrected chi connectivity index (χ1v) is 7.69. The van der Waals surface area contributed by atoms with Crippen LogP contribution in [-0.2, 0) is 11.2 Å². The molecule has 134 valence electrons. The average molecular weight is 357 g/mol. The van der Waals surface area contributed by atoms with E-state index in [0.29, 0.717) is 22.6 Å². The van der Waals surface area contributed by atoms with Gasteiger partial charge in [0.15, 0.2) is 11.5 Å². The van der Waals surface area contributed by atoms with Crippen LogP contribution in [0.2, 0.25) is 0 Å². The van der Waals surface area contributed by atoms with Gasteiger partial charge in [-0.15, -0.1) is 5.10 Å². The van der Waals surface area contributed by atoms with E-state index < -0.39 is 0 Å². The summed E-state index contributed by atoms with van der Waals surface area (Å²) >= 11 is 0. The third kappa shape index (κ3) is 3.97. The number of carbonyl (C=O) groups excluding carboxylic acids is 1. The number of benzene rings is 2. The van der Waals surface area contributed by atoms with Crippen molar-refractivity contribution < 1.29 is 23.1 Å². The maximum atomic E-state index is 12.9. The molecule has 0 atom stereocenters. The summed E-state index contributed by atoms with van der Waals surface area (Å²) in [5.74, 6) is 0.612. The number of rotatable bonds is 6. The molecule has 8 heteroatoms. The van der Waals surface area contributed by atoms with Crippen molar-refractivity contribution in [2.75, 3.05) is 19.5 Å². The maximum absolute atomic E-state index is 12.9. The minimum Gasteiger partial charge on any atom is -0.493 e. The number of carbonyl (C=O) groups is 1. The van der Waals surface area contributed by atoms with E-state index in [9.17, 15) is 9.18 Å². The van der Waals surface area contributed by atoms with Crippen molar-refractivity contribution in [3.8, 4) is 23.0 Å². The normalized spacial score (nSPS) is 10.4. The fourth-order valence-electron chi connectivity index (χ4n) is 2.31. The number of hydrogen-bond donors (Lipinski definition) is 1. The summed E-state index contributed by atoms with van der Waals surface area (Å²) in [7, 11) is 3.07. The average Bonchev–Trinajstić information content (AvgIpc) is 3.11. The SMILES string of the molecule is COc1ccc(-c2nnc(NC(=O)Cc3ccc(F)cc3)o2)cc1OC. The number of halogens is 1. The van der Waals surface area contributed by atoms with Gasteiger partial charge in [-0.2, -0.15) is 0 Å². The predicted molar refractivity (Wildman–Crippen MR) is 91.6 cm³/mol. The molecule has 0 aliphatic rings. The zero-order valence-electron chi connectivity index (χ0n) is 14.2. The summed E-state index contributed by atoms with van der Waals surface area (Å²) in [4.78, 5) is 12.0. The van der Waals surface area contributed by atoms with Crippen LogP contribution >= 0.6 is 0 Å². The van der Waals surface area contributed by atoms with Crippen LogP contribution in [0.5, 0.6) is 11.5 Å². The molecule has 0 unspecified atom stereocenters. The zero-order valence-corrected chi connectivity index (χ0v) is 14.2. The van der Waals surface area contributed by atoms with Crippen molar-refractivity contribution in [1.82, 2.24) is 10.2 Å². The van der Waals surface area contributed by atoms with Gasteiger partial charge in [-0.05, 0) is 35.9 Å². The number of aromatic nitrogens is 2. The van der Waals surface area contributed by atoms with Gasteiger partial charge in [0.1, 0.15) is 5.82 Å². The van der Waals surface area contributed by atoms with Crippen LogP contribution in [-0.4, -0.2) is 30.3 Å². The monoisotopic (exact) mass is 357 g/mol. The molecular weight excluding hydrogens is 341 g/mol. The van der Waals surface area contributed by atoms with Gasteiger partial charge in [-0.1, -0.05) is 17.2 Å². The first-order valence-electron chi connectivity index (χ1n) is 7.69. The van der Waals surface area contributed by atoms with Crippen LogP contribution in [0.25, 0.3) is 11.5 Å². The summed E-state index contributed by atoms with van der Waals surface area (Å²) in [5.41, 5.74) is 1.29. The van der Waals surface area contributed by atoms with Crippen LogP contribution < -0.4 is 14.8 Å². The molecule has 3 rings (SSSR count). The van der Waals surface area contributed by atoms with E-state index in [1.165, 1.54) is 31.4 Å². The lowest BCUT2D eigenvalue weighted by molar-refractivity contribution is -0.115. The second-order valence-electron chi connectivity index (χ2n) is 5.33. The number of nitrogens with zero attached hydrogens (tertiary/aromatic N) is 2. The highest BCUT2D eigenvalue weighted by atomic mass is 19.1. The quantitative estimate of drug-likeness (QED) is 0.730. The van der Waals surface area contributed by atoms with Gasteiger partial charge in [0.05, 0.1) is 20.6 Å². The lowest BCUT2D eigenvalue weighted by Crippen LogP contribution is -2.14. The Balaban J connectivity index is 1.69. The Kier molecular flexibility index (Phi) is 5.12. The molecule has 26 heavy (non-hydrogen) atoms. The smallest absolute Gasteiger partial charge is 0.322 e. The second kappa shape index (κ2) is 7.64. The molecule has 0 spiro atoms. The van der Waals surface area contributed by atoms with Gasteiger partial charge in [0, 0.05) is 5.56 Å². The molecule has 0 saturated heterocycles. The number of ether oxygens (including phenoxy) is 2. The van der Waals surface area contributed by atoms with Crippen LogP contribution in [0.4, 0.5) is 10.4 Å². The molecule has 1 heterocycles. The standard InChI is InChI=1S/C18H16FN3O4/c1-24-14-8-5-12(10-15(14)25-2)17-21-22-18(26-17)20-16(23)9-11-3-6-13(19)7-4-11/h3-8,10H,9H2,1-2H3,(H,20,22,23). The molecule has 1 N–H and O–H groups in total. The number of amides is 1. The van der Waals surface area contributed by atoms with E-state index in [1.807, 2.05) is 0 Å². The van der Waals surface area contributed by atoms with Crippen molar-refractivity contribution in [1.29, 1.82) is 0 Å². The third-order valence-corrected chi connectivity index (χ3v) is 3.58. The lowest BCUT2D eigenvalue weighted by atomic mass is 10.1. The maximum Gasteiger partial charge on any atom is 0.322 e. The molecular formula is C18H16FN3O4. The van der Waals surface area contributed by atoms with Crippen molar-refractivity contribution in [3.05, 3.63) is 53.8 Å². The molecule has 0 radical (unpaired) electrons. The molecule has 2 aromatic carbocycles. The van der Waals surface area contributed by atoms with E-state index in [4.69, 9.17) is 13.9 Å². The van der Waals surface area contributed by atoms with Crippen LogP contribution in [0, 0.1) is 5.82 Å². The molecule has 0 bridgehead atoms. The van der Waals surface area contributed by atoms with Crippen LogP contribution in [0.15, 0.2) is 46.9 Å². The first kappa shape index (κ1) is 17.4. The molecule has 1 amide bonds. The lowest BCUT2D eigenvalue weighted by Gasteiger charge is -2.07. The molecule has 0 aliphatic carbocycles. The van der Waals surface area contributed by atoms with E-state index >= 15 is 0 Å². The minimum atomic E-state index is -0.356. The van der Waals surface area contributed by atoms with Gasteiger partial charge in [0.2, 0.25) is 11.8 Å². The van der Waals surface area contributed by atoms with Gasteiger partial charge in [0.25, 0.3) is 0 Å². The highest BCUT2D eigenvalue weighted by Crippen LogP contribution is 2.32. The van der Waals surface area contributed by atoms with Crippen LogP contribution in [0.3, 0.4) is 0 Å². The Morgan fingerprint density at radius 1 is 1.08 bits per heavy atom. The highest BCUT2D eigenvalue weighted by Gasteiger charge is 2.14. The van der Waals surface area contributed by atoms with E-state index in [2.05, 4.69) is 15.5 Å². The van der Waals surface area contributed by atoms with Crippen molar-refractivity contribution in [3.63, 3.8) is 0 Å². The van der Waals surface area contributed by atoms with Crippen molar-refractivity contribution in [2.24, 2.45) is 0 Å². The zero-order chi connectivity index (χ0) is 18.5. The molecule has 0 fully saturated rings. The largest absolute Gasteiger partial charge is 0.493 e. The summed E-state index contributed by atoms with van der Waals surface area (Å²) in [6, 6.07) is 10.8. The first-order chi connectivity index (χ1) is 12.6. The molecule has 1 aromatic heterocycles.